The molecule has 0 radical (unpaired) electrons. The number of likely N-dealkylation sites (tertiary alicyclic amines) is 1. The lowest BCUT2D eigenvalue weighted by atomic mass is 9.94. The molecule has 1 aromatic heterocycles. The molecule has 2 amide bonds. The predicted molar refractivity (Wildman–Crippen MR) is 101 cm³/mol. The highest BCUT2D eigenvalue weighted by atomic mass is 16.5. The summed E-state index contributed by atoms with van der Waals surface area (Å²) in [5.74, 6) is 0.815. The highest BCUT2D eigenvalue weighted by Gasteiger charge is 2.35. The van der Waals surface area contributed by atoms with Crippen molar-refractivity contribution in [1.29, 1.82) is 0 Å². The third-order valence-electron chi connectivity index (χ3n) is 5.46. The van der Waals surface area contributed by atoms with Crippen LogP contribution < -0.4 is 9.64 Å². The minimum absolute atomic E-state index is 0.0200. The largest absolute Gasteiger partial charge is 0.486 e. The van der Waals surface area contributed by atoms with Gasteiger partial charge in [0.05, 0.1) is 24.1 Å². The molecular weight excluding hydrogens is 344 g/mol. The molecule has 0 bridgehead atoms. The molecular formula is C21H24N2O4. The first-order valence-electron chi connectivity index (χ1n) is 9.56. The van der Waals surface area contributed by atoms with Gasteiger partial charge in [-0.15, -0.1) is 0 Å². The fourth-order valence-electron chi connectivity index (χ4n) is 3.84. The number of anilines is 1. The molecule has 0 N–H and O–H groups in total. The first-order chi connectivity index (χ1) is 13.2. The summed E-state index contributed by atoms with van der Waals surface area (Å²) < 4.78 is 11.0. The fraction of sp³-hybridized carbons (Fsp3) is 0.429. The Morgan fingerprint density at radius 3 is 2.63 bits per heavy atom. The Hall–Kier alpha value is -2.76. The molecule has 2 aromatic rings. The van der Waals surface area contributed by atoms with Crippen LogP contribution in [0.2, 0.25) is 0 Å². The molecule has 1 saturated heterocycles. The minimum atomic E-state index is -0.0675. The summed E-state index contributed by atoms with van der Waals surface area (Å²) in [6.07, 6.45) is 5.21. The summed E-state index contributed by atoms with van der Waals surface area (Å²) in [7, 11) is 0. The van der Waals surface area contributed by atoms with E-state index in [1.165, 1.54) is 12.5 Å². The van der Waals surface area contributed by atoms with E-state index in [9.17, 15) is 9.59 Å². The summed E-state index contributed by atoms with van der Waals surface area (Å²) in [6.45, 7) is 3.83. The Morgan fingerprint density at radius 2 is 1.93 bits per heavy atom. The van der Waals surface area contributed by atoms with E-state index >= 15 is 0 Å². The number of benzene rings is 1. The minimum Gasteiger partial charge on any atom is -0.486 e. The van der Waals surface area contributed by atoms with Crippen molar-refractivity contribution in [3.05, 3.63) is 48.4 Å². The lowest BCUT2D eigenvalue weighted by Gasteiger charge is -2.38. The van der Waals surface area contributed by atoms with Crippen LogP contribution >= 0.6 is 0 Å². The van der Waals surface area contributed by atoms with Gasteiger partial charge in [-0.2, -0.15) is 0 Å². The van der Waals surface area contributed by atoms with Crippen LogP contribution in [0.5, 0.6) is 5.75 Å². The van der Waals surface area contributed by atoms with Gasteiger partial charge >= 0.3 is 0 Å². The molecule has 6 heteroatoms. The molecule has 1 atom stereocenters. The van der Waals surface area contributed by atoms with Gasteiger partial charge in [0.25, 0.3) is 5.91 Å². The number of carbonyl (C=O) groups is 2. The van der Waals surface area contributed by atoms with Crippen LogP contribution in [0, 0.1) is 5.92 Å². The molecule has 0 saturated carbocycles. The Kier molecular flexibility index (Phi) is 4.88. The molecule has 2 aliphatic rings. The van der Waals surface area contributed by atoms with Crippen LogP contribution in [-0.2, 0) is 4.79 Å². The van der Waals surface area contributed by atoms with E-state index in [1.807, 2.05) is 29.2 Å². The van der Waals surface area contributed by atoms with Crippen LogP contribution in [0.25, 0.3) is 0 Å². The zero-order valence-electron chi connectivity index (χ0n) is 15.5. The molecule has 0 spiro atoms. The number of ether oxygens (including phenoxy) is 1. The van der Waals surface area contributed by atoms with Gasteiger partial charge in [0, 0.05) is 19.0 Å². The average molecular weight is 368 g/mol. The molecule has 3 heterocycles. The number of hydrogen-bond acceptors (Lipinski definition) is 4. The standard InChI is InChI=1S/C21H24N2O4/c1-2-17-13-23(18-5-3-4-6-19(18)27-17)21(25)15-7-10-22(11-8-15)20(24)16-9-12-26-14-16/h3-6,9,12,14-15,17H,2,7-8,10-11,13H2,1H3. The van der Waals surface area contributed by atoms with Crippen molar-refractivity contribution in [2.75, 3.05) is 24.5 Å². The van der Waals surface area contributed by atoms with Crippen LogP contribution in [0.15, 0.2) is 47.3 Å². The topological polar surface area (TPSA) is 63.0 Å². The maximum Gasteiger partial charge on any atom is 0.257 e. The van der Waals surface area contributed by atoms with Gasteiger partial charge in [0.15, 0.2) is 0 Å². The zero-order valence-corrected chi connectivity index (χ0v) is 15.5. The summed E-state index contributed by atoms with van der Waals surface area (Å²) in [5, 5.41) is 0. The van der Waals surface area contributed by atoms with Gasteiger partial charge in [0.1, 0.15) is 18.1 Å². The zero-order chi connectivity index (χ0) is 18.8. The number of para-hydroxylation sites is 2. The van der Waals surface area contributed by atoms with Crippen molar-refractivity contribution in [2.24, 2.45) is 5.92 Å². The molecule has 2 aliphatic heterocycles. The number of rotatable bonds is 3. The molecule has 27 heavy (non-hydrogen) atoms. The molecule has 1 fully saturated rings. The second kappa shape index (κ2) is 7.47. The predicted octanol–water partition coefficient (Wildman–Crippen LogP) is 3.34. The van der Waals surface area contributed by atoms with E-state index in [4.69, 9.17) is 9.15 Å². The van der Waals surface area contributed by atoms with Gasteiger partial charge in [-0.25, -0.2) is 0 Å². The first-order valence-corrected chi connectivity index (χ1v) is 9.56. The van der Waals surface area contributed by atoms with Gasteiger partial charge in [-0.05, 0) is 37.5 Å². The van der Waals surface area contributed by atoms with Gasteiger partial charge in [-0.3, -0.25) is 9.59 Å². The van der Waals surface area contributed by atoms with Gasteiger partial charge < -0.3 is 19.0 Å². The quantitative estimate of drug-likeness (QED) is 0.834. The summed E-state index contributed by atoms with van der Waals surface area (Å²) in [4.78, 5) is 29.4. The van der Waals surface area contributed by atoms with Crippen LogP contribution in [-0.4, -0.2) is 42.5 Å². The molecule has 6 nitrogen and oxygen atoms in total. The van der Waals surface area contributed by atoms with Crippen molar-refractivity contribution < 1.29 is 18.7 Å². The number of fused-ring (bicyclic) bond motifs is 1. The van der Waals surface area contributed by atoms with Crippen LogP contribution in [0.1, 0.15) is 36.5 Å². The van der Waals surface area contributed by atoms with Gasteiger partial charge in [0.2, 0.25) is 5.91 Å². The molecule has 1 aromatic carbocycles. The molecule has 0 aliphatic carbocycles. The Balaban J connectivity index is 1.44. The van der Waals surface area contributed by atoms with E-state index < -0.39 is 0 Å². The molecule has 4 rings (SSSR count). The number of nitrogens with zero attached hydrogens (tertiary/aromatic N) is 2. The number of piperidine rings is 1. The van der Waals surface area contributed by atoms with Gasteiger partial charge in [-0.1, -0.05) is 19.1 Å². The smallest absolute Gasteiger partial charge is 0.257 e. The summed E-state index contributed by atoms with van der Waals surface area (Å²) in [6, 6.07) is 9.40. The SMILES string of the molecule is CCC1CN(C(=O)C2CCN(C(=O)c3ccoc3)CC2)c2ccccc2O1. The molecule has 1 unspecified atom stereocenters. The number of carbonyl (C=O) groups excluding carboxylic acids is 2. The van der Waals surface area contributed by atoms with Crippen molar-refractivity contribution >= 4 is 17.5 Å². The average Bonchev–Trinajstić information content (AvgIpc) is 3.27. The van der Waals surface area contributed by atoms with E-state index in [1.54, 1.807) is 11.0 Å². The lowest BCUT2D eigenvalue weighted by Crippen LogP contribution is -2.48. The van der Waals surface area contributed by atoms with E-state index in [0.29, 0.717) is 38.0 Å². The van der Waals surface area contributed by atoms with E-state index in [-0.39, 0.29) is 23.8 Å². The highest BCUT2D eigenvalue weighted by molar-refractivity contribution is 5.97. The Bertz CT molecular complexity index is 809. The van der Waals surface area contributed by atoms with E-state index in [2.05, 4.69) is 6.92 Å². The van der Waals surface area contributed by atoms with Crippen molar-refractivity contribution in [1.82, 2.24) is 4.90 Å². The fourth-order valence-corrected chi connectivity index (χ4v) is 3.84. The Morgan fingerprint density at radius 1 is 1.15 bits per heavy atom. The number of furan rings is 1. The maximum atomic E-state index is 13.2. The number of hydrogen-bond donors (Lipinski definition) is 0. The number of amides is 2. The third kappa shape index (κ3) is 3.44. The molecule has 142 valence electrons. The first kappa shape index (κ1) is 17.6. The maximum absolute atomic E-state index is 13.2. The van der Waals surface area contributed by atoms with Crippen molar-refractivity contribution in [3.8, 4) is 5.75 Å². The monoisotopic (exact) mass is 368 g/mol. The highest BCUT2D eigenvalue weighted by Crippen LogP contribution is 2.35. The van der Waals surface area contributed by atoms with Crippen molar-refractivity contribution in [3.63, 3.8) is 0 Å². The van der Waals surface area contributed by atoms with Crippen LogP contribution in [0.4, 0.5) is 5.69 Å². The summed E-state index contributed by atoms with van der Waals surface area (Å²) in [5.41, 5.74) is 1.41. The summed E-state index contributed by atoms with van der Waals surface area (Å²) >= 11 is 0. The normalized spacial score (nSPS) is 20.1. The third-order valence-corrected chi connectivity index (χ3v) is 5.46. The second-order valence-corrected chi connectivity index (χ2v) is 7.14. The lowest BCUT2D eigenvalue weighted by molar-refractivity contribution is -0.124. The Labute approximate surface area is 158 Å². The van der Waals surface area contributed by atoms with Crippen molar-refractivity contribution in [2.45, 2.75) is 32.3 Å². The van der Waals surface area contributed by atoms with E-state index in [0.717, 1.165) is 17.9 Å². The second-order valence-electron chi connectivity index (χ2n) is 7.14. The van der Waals surface area contributed by atoms with Crippen LogP contribution in [0.3, 0.4) is 0 Å².